The number of carbonyl (C=O) groups is 2. The molecule has 2 rings (SSSR count). The number of urea groups is 1. The van der Waals surface area contributed by atoms with Gasteiger partial charge in [-0.25, -0.2) is 9.59 Å². The molecule has 2 aromatic carbocycles. The molecule has 0 atom stereocenters. The molecule has 2 N–H and O–H groups in total. The van der Waals surface area contributed by atoms with Crippen LogP contribution in [0.3, 0.4) is 0 Å². The lowest BCUT2D eigenvalue weighted by Crippen LogP contribution is -2.29. The van der Waals surface area contributed by atoms with Gasteiger partial charge in [-0.3, -0.25) is 0 Å². The number of amides is 2. The van der Waals surface area contributed by atoms with Crippen molar-refractivity contribution in [1.82, 2.24) is 5.32 Å². The van der Waals surface area contributed by atoms with Crippen LogP contribution in [-0.4, -0.2) is 19.1 Å². The Morgan fingerprint density at radius 3 is 2.50 bits per heavy atom. The highest BCUT2D eigenvalue weighted by Gasteiger charge is 2.14. The second-order valence-electron chi connectivity index (χ2n) is 4.83. The number of ether oxygens (including phenoxy) is 1. The molecule has 0 saturated carbocycles. The molecule has 0 spiro atoms. The van der Waals surface area contributed by atoms with E-state index in [4.69, 9.17) is 4.74 Å². The van der Waals surface area contributed by atoms with E-state index in [1.807, 2.05) is 43.3 Å². The first-order valence-corrected chi connectivity index (χ1v) is 6.88. The molecular weight excluding hydrogens is 280 g/mol. The van der Waals surface area contributed by atoms with Crippen LogP contribution in [0.25, 0.3) is 0 Å². The van der Waals surface area contributed by atoms with Crippen LogP contribution in [0.5, 0.6) is 0 Å². The Hall–Kier alpha value is -2.82. The minimum absolute atomic E-state index is 0.331. The highest BCUT2D eigenvalue weighted by molar-refractivity contribution is 6.00. The van der Waals surface area contributed by atoms with Crippen molar-refractivity contribution in [3.05, 3.63) is 65.2 Å². The van der Waals surface area contributed by atoms with E-state index in [0.29, 0.717) is 17.8 Å². The monoisotopic (exact) mass is 298 g/mol. The predicted molar refractivity (Wildman–Crippen MR) is 84.8 cm³/mol. The topological polar surface area (TPSA) is 67.4 Å². The third kappa shape index (κ3) is 4.09. The lowest BCUT2D eigenvalue weighted by atomic mass is 10.1. The maximum absolute atomic E-state index is 12.0. The van der Waals surface area contributed by atoms with Gasteiger partial charge < -0.3 is 15.4 Å². The largest absolute Gasteiger partial charge is 0.465 e. The molecule has 2 amide bonds. The van der Waals surface area contributed by atoms with E-state index >= 15 is 0 Å². The summed E-state index contributed by atoms with van der Waals surface area (Å²) in [6.07, 6.45) is 0. The standard InChI is InChI=1S/C17H18N2O3/c1-12-8-9-15(14(10-12)16(20)22-2)19-17(21)18-11-13-6-4-3-5-7-13/h3-10H,11H2,1-2H3,(H2,18,19,21). The van der Waals surface area contributed by atoms with Crippen molar-refractivity contribution < 1.29 is 14.3 Å². The van der Waals surface area contributed by atoms with Crippen LogP contribution >= 0.6 is 0 Å². The first-order chi connectivity index (χ1) is 10.6. The zero-order valence-corrected chi connectivity index (χ0v) is 12.6. The average molecular weight is 298 g/mol. The van der Waals surface area contributed by atoms with Gasteiger partial charge in [0, 0.05) is 6.54 Å². The smallest absolute Gasteiger partial charge is 0.339 e. The molecule has 5 nitrogen and oxygen atoms in total. The van der Waals surface area contributed by atoms with Gasteiger partial charge in [0.2, 0.25) is 0 Å². The van der Waals surface area contributed by atoms with E-state index < -0.39 is 5.97 Å². The number of esters is 1. The molecule has 0 heterocycles. The van der Waals surface area contributed by atoms with E-state index in [-0.39, 0.29) is 6.03 Å². The second kappa shape index (κ2) is 7.26. The van der Waals surface area contributed by atoms with Gasteiger partial charge in [0.1, 0.15) is 0 Å². The molecule has 114 valence electrons. The Labute approximate surface area is 129 Å². The second-order valence-corrected chi connectivity index (χ2v) is 4.83. The van der Waals surface area contributed by atoms with Gasteiger partial charge in [0.05, 0.1) is 18.4 Å². The van der Waals surface area contributed by atoms with Crippen molar-refractivity contribution in [1.29, 1.82) is 0 Å². The van der Waals surface area contributed by atoms with Crippen molar-refractivity contribution in [2.45, 2.75) is 13.5 Å². The maximum atomic E-state index is 12.0. The number of aryl methyl sites for hydroxylation is 1. The van der Waals surface area contributed by atoms with Crippen molar-refractivity contribution >= 4 is 17.7 Å². The minimum Gasteiger partial charge on any atom is -0.465 e. The number of hydrogen-bond donors (Lipinski definition) is 2. The van der Waals surface area contributed by atoms with Gasteiger partial charge in [-0.15, -0.1) is 0 Å². The molecule has 0 radical (unpaired) electrons. The van der Waals surface area contributed by atoms with Crippen LogP contribution in [-0.2, 0) is 11.3 Å². The molecule has 0 aliphatic carbocycles. The number of anilines is 1. The van der Waals surface area contributed by atoms with E-state index in [9.17, 15) is 9.59 Å². The Balaban J connectivity index is 2.03. The number of benzene rings is 2. The third-order valence-electron chi connectivity index (χ3n) is 3.12. The molecule has 0 bridgehead atoms. The number of nitrogens with one attached hydrogen (secondary N) is 2. The minimum atomic E-state index is -0.484. The molecule has 0 aliphatic heterocycles. The van der Waals surface area contributed by atoms with Crippen LogP contribution in [0.15, 0.2) is 48.5 Å². The Kier molecular flexibility index (Phi) is 5.14. The zero-order valence-electron chi connectivity index (χ0n) is 12.6. The number of methoxy groups -OCH3 is 1. The Bertz CT molecular complexity index is 669. The van der Waals surface area contributed by atoms with E-state index in [1.54, 1.807) is 12.1 Å². The lowest BCUT2D eigenvalue weighted by molar-refractivity contribution is 0.0602. The van der Waals surface area contributed by atoms with Crippen LogP contribution in [0, 0.1) is 6.92 Å². The molecule has 0 fully saturated rings. The van der Waals surface area contributed by atoms with Crippen molar-refractivity contribution in [3.8, 4) is 0 Å². The fourth-order valence-electron chi connectivity index (χ4n) is 1.99. The fourth-order valence-corrected chi connectivity index (χ4v) is 1.99. The normalized spacial score (nSPS) is 9.91. The summed E-state index contributed by atoms with van der Waals surface area (Å²) in [5.74, 6) is -0.484. The zero-order chi connectivity index (χ0) is 15.9. The van der Waals surface area contributed by atoms with E-state index in [1.165, 1.54) is 7.11 Å². The molecule has 5 heteroatoms. The predicted octanol–water partition coefficient (Wildman–Crippen LogP) is 3.10. The van der Waals surface area contributed by atoms with Crippen molar-refractivity contribution in [2.24, 2.45) is 0 Å². The van der Waals surface area contributed by atoms with Crippen LogP contribution < -0.4 is 10.6 Å². The lowest BCUT2D eigenvalue weighted by Gasteiger charge is -2.11. The highest BCUT2D eigenvalue weighted by atomic mass is 16.5. The van der Waals surface area contributed by atoms with Crippen molar-refractivity contribution in [2.75, 3.05) is 12.4 Å². The summed E-state index contributed by atoms with van der Waals surface area (Å²) >= 11 is 0. The summed E-state index contributed by atoms with van der Waals surface area (Å²) in [7, 11) is 1.31. The molecule has 0 aliphatic rings. The Morgan fingerprint density at radius 2 is 1.82 bits per heavy atom. The molecule has 0 saturated heterocycles. The van der Waals surface area contributed by atoms with Gasteiger partial charge in [-0.2, -0.15) is 0 Å². The summed E-state index contributed by atoms with van der Waals surface area (Å²) in [5.41, 5.74) is 2.66. The quantitative estimate of drug-likeness (QED) is 0.852. The first kappa shape index (κ1) is 15.6. The molecule has 2 aromatic rings. The highest BCUT2D eigenvalue weighted by Crippen LogP contribution is 2.18. The number of rotatable bonds is 4. The molecule has 0 unspecified atom stereocenters. The van der Waals surface area contributed by atoms with Crippen LogP contribution in [0.2, 0.25) is 0 Å². The van der Waals surface area contributed by atoms with Crippen LogP contribution in [0.1, 0.15) is 21.5 Å². The summed E-state index contributed by atoms with van der Waals surface area (Å²) in [6.45, 7) is 2.28. The van der Waals surface area contributed by atoms with Crippen LogP contribution in [0.4, 0.5) is 10.5 Å². The van der Waals surface area contributed by atoms with E-state index in [0.717, 1.165) is 11.1 Å². The maximum Gasteiger partial charge on any atom is 0.339 e. The van der Waals surface area contributed by atoms with Gasteiger partial charge in [-0.05, 0) is 24.6 Å². The SMILES string of the molecule is COC(=O)c1cc(C)ccc1NC(=O)NCc1ccccc1. The van der Waals surface area contributed by atoms with Gasteiger partial charge >= 0.3 is 12.0 Å². The molecular formula is C17H18N2O3. The summed E-state index contributed by atoms with van der Waals surface area (Å²) in [4.78, 5) is 23.7. The van der Waals surface area contributed by atoms with Gasteiger partial charge in [0.25, 0.3) is 0 Å². The number of carbonyl (C=O) groups excluding carboxylic acids is 2. The summed E-state index contributed by atoms with van der Waals surface area (Å²) < 4.78 is 4.73. The van der Waals surface area contributed by atoms with Crippen molar-refractivity contribution in [3.63, 3.8) is 0 Å². The first-order valence-electron chi connectivity index (χ1n) is 6.88. The summed E-state index contributed by atoms with van der Waals surface area (Å²) in [6, 6.07) is 14.4. The van der Waals surface area contributed by atoms with E-state index in [2.05, 4.69) is 10.6 Å². The fraction of sp³-hybridized carbons (Fsp3) is 0.176. The Morgan fingerprint density at radius 1 is 1.09 bits per heavy atom. The average Bonchev–Trinajstić information content (AvgIpc) is 2.55. The third-order valence-corrected chi connectivity index (χ3v) is 3.12. The number of hydrogen-bond acceptors (Lipinski definition) is 3. The summed E-state index contributed by atoms with van der Waals surface area (Å²) in [5, 5.41) is 5.42. The van der Waals surface area contributed by atoms with Gasteiger partial charge in [0.15, 0.2) is 0 Å². The van der Waals surface area contributed by atoms with Gasteiger partial charge in [-0.1, -0.05) is 42.0 Å². The molecule has 22 heavy (non-hydrogen) atoms. The molecule has 0 aromatic heterocycles.